The van der Waals surface area contributed by atoms with E-state index < -0.39 is 18.0 Å². The zero-order valence-electron chi connectivity index (χ0n) is 16.4. The van der Waals surface area contributed by atoms with Gasteiger partial charge in [-0.2, -0.15) is 0 Å². The van der Waals surface area contributed by atoms with E-state index in [0.29, 0.717) is 0 Å². The molecule has 146 valence electrons. The van der Waals surface area contributed by atoms with Crippen LogP contribution in [-0.4, -0.2) is 40.9 Å². The van der Waals surface area contributed by atoms with Gasteiger partial charge in [0, 0.05) is 12.8 Å². The Morgan fingerprint density at radius 1 is 0.920 bits per heavy atom. The van der Waals surface area contributed by atoms with E-state index in [0.717, 1.165) is 38.5 Å². The second kappa shape index (κ2) is 12.7. The molecule has 4 nitrogen and oxygen atoms in total. The molecular weight excluding hydrogens is 316 g/mol. The first kappa shape index (κ1) is 22.4. The maximum Gasteiger partial charge on any atom is 0.163 e. The lowest BCUT2D eigenvalue weighted by atomic mass is 10.0. The Kier molecular flexibility index (Phi) is 11.4. The summed E-state index contributed by atoms with van der Waals surface area (Å²) in [5.41, 5.74) is 0. The van der Waals surface area contributed by atoms with Gasteiger partial charge in [0.15, 0.2) is 5.79 Å². The van der Waals surface area contributed by atoms with E-state index in [9.17, 15) is 5.11 Å². The summed E-state index contributed by atoms with van der Waals surface area (Å²) in [6, 6.07) is 0. The van der Waals surface area contributed by atoms with Gasteiger partial charge < -0.3 is 19.7 Å². The fourth-order valence-electron chi connectivity index (χ4n) is 3.25. The molecule has 0 unspecified atom stereocenters. The molecule has 1 fully saturated rings. The molecular formula is C21H38O4. The van der Waals surface area contributed by atoms with Crippen molar-refractivity contribution < 1.29 is 19.7 Å². The van der Waals surface area contributed by atoms with E-state index in [1.54, 1.807) is 0 Å². The first-order valence-electron chi connectivity index (χ1n) is 10.1. The highest BCUT2D eigenvalue weighted by Crippen LogP contribution is 2.32. The summed E-state index contributed by atoms with van der Waals surface area (Å²) in [7, 11) is 0. The number of unbranched alkanes of at least 4 members (excludes halogenated alkanes) is 8. The van der Waals surface area contributed by atoms with Gasteiger partial charge in [0.05, 0.1) is 12.7 Å². The number of aliphatic hydroxyl groups is 2. The van der Waals surface area contributed by atoms with E-state index in [2.05, 4.69) is 18.8 Å². The van der Waals surface area contributed by atoms with Crippen LogP contribution >= 0.6 is 0 Å². The van der Waals surface area contributed by atoms with Crippen molar-refractivity contribution in [2.45, 2.75) is 115 Å². The SMILES string of the molecule is CCCCCCC#CCCCCCC[C@H]1OC(C)(C)O[C@@H]1[C@@H](O)CO. The number of hydrogen-bond acceptors (Lipinski definition) is 4. The molecule has 1 aliphatic rings. The zero-order chi connectivity index (χ0) is 18.5. The molecule has 4 heteroatoms. The predicted molar refractivity (Wildman–Crippen MR) is 101 cm³/mol. The summed E-state index contributed by atoms with van der Waals surface area (Å²) in [5, 5.41) is 19.0. The molecule has 1 saturated heterocycles. The normalized spacial score (nSPS) is 23.2. The maximum atomic E-state index is 9.88. The van der Waals surface area contributed by atoms with Crippen molar-refractivity contribution in [2.75, 3.05) is 6.61 Å². The third-order valence-electron chi connectivity index (χ3n) is 4.61. The van der Waals surface area contributed by atoms with Gasteiger partial charge in [0.2, 0.25) is 0 Å². The quantitative estimate of drug-likeness (QED) is 0.408. The van der Waals surface area contributed by atoms with E-state index >= 15 is 0 Å². The Bertz CT molecular complexity index is 396. The average molecular weight is 355 g/mol. The molecule has 1 aliphatic heterocycles. The lowest BCUT2D eigenvalue weighted by molar-refractivity contribution is -0.157. The summed E-state index contributed by atoms with van der Waals surface area (Å²) in [6.07, 6.45) is 11.1. The Hall–Kier alpha value is -0.600. The maximum absolute atomic E-state index is 9.88. The van der Waals surface area contributed by atoms with Crippen LogP contribution in [0.25, 0.3) is 0 Å². The molecule has 2 N–H and O–H groups in total. The van der Waals surface area contributed by atoms with E-state index in [1.807, 2.05) is 13.8 Å². The van der Waals surface area contributed by atoms with Crippen LogP contribution in [0.2, 0.25) is 0 Å². The molecule has 0 aromatic carbocycles. The first-order chi connectivity index (χ1) is 12.0. The Labute approximate surface area is 154 Å². The second-order valence-electron chi connectivity index (χ2n) is 7.51. The van der Waals surface area contributed by atoms with E-state index in [-0.39, 0.29) is 12.7 Å². The standard InChI is InChI=1S/C21H38O4/c1-4-5-6-7-8-9-10-11-12-13-14-15-16-19-20(18(23)17-22)25-21(2,3)24-19/h18-20,22-23H,4-8,11-17H2,1-3H3/t18-,19+,20+/m0/s1. The van der Waals surface area contributed by atoms with Crippen LogP contribution in [0.3, 0.4) is 0 Å². The highest BCUT2D eigenvalue weighted by molar-refractivity contribution is 4.98. The summed E-state index contributed by atoms with van der Waals surface area (Å²) < 4.78 is 11.6. The third-order valence-corrected chi connectivity index (χ3v) is 4.61. The second-order valence-corrected chi connectivity index (χ2v) is 7.51. The van der Waals surface area contributed by atoms with Gasteiger partial charge in [0.25, 0.3) is 0 Å². The van der Waals surface area contributed by atoms with Crippen molar-refractivity contribution in [3.8, 4) is 11.8 Å². The van der Waals surface area contributed by atoms with Gasteiger partial charge in [-0.15, -0.1) is 11.8 Å². The molecule has 3 atom stereocenters. The molecule has 0 bridgehead atoms. The fourth-order valence-corrected chi connectivity index (χ4v) is 3.25. The highest BCUT2D eigenvalue weighted by Gasteiger charge is 2.43. The molecule has 0 spiro atoms. The van der Waals surface area contributed by atoms with Crippen LogP contribution in [0.15, 0.2) is 0 Å². The Morgan fingerprint density at radius 3 is 2.12 bits per heavy atom. The van der Waals surface area contributed by atoms with Gasteiger partial charge in [-0.1, -0.05) is 45.4 Å². The van der Waals surface area contributed by atoms with Crippen molar-refractivity contribution in [2.24, 2.45) is 0 Å². The van der Waals surface area contributed by atoms with Crippen molar-refractivity contribution in [3.63, 3.8) is 0 Å². The van der Waals surface area contributed by atoms with Gasteiger partial charge in [-0.25, -0.2) is 0 Å². The van der Waals surface area contributed by atoms with Crippen LogP contribution in [0.1, 0.15) is 91.4 Å². The minimum Gasteiger partial charge on any atom is -0.394 e. The Morgan fingerprint density at radius 2 is 1.52 bits per heavy atom. The molecule has 1 rings (SSSR count). The number of hydrogen-bond donors (Lipinski definition) is 2. The van der Waals surface area contributed by atoms with Crippen LogP contribution in [0, 0.1) is 11.8 Å². The fraction of sp³-hybridized carbons (Fsp3) is 0.905. The number of aliphatic hydroxyl groups excluding tert-OH is 2. The summed E-state index contributed by atoms with van der Waals surface area (Å²) >= 11 is 0. The predicted octanol–water partition coefficient (Wildman–Crippen LogP) is 4.17. The van der Waals surface area contributed by atoms with Crippen molar-refractivity contribution in [3.05, 3.63) is 0 Å². The van der Waals surface area contributed by atoms with Crippen LogP contribution < -0.4 is 0 Å². The Balaban J connectivity index is 2.08. The zero-order valence-corrected chi connectivity index (χ0v) is 16.4. The van der Waals surface area contributed by atoms with Gasteiger partial charge in [0.1, 0.15) is 12.2 Å². The van der Waals surface area contributed by atoms with Crippen LogP contribution in [-0.2, 0) is 9.47 Å². The molecule has 1 heterocycles. The summed E-state index contributed by atoms with van der Waals surface area (Å²) in [6.45, 7) is 5.64. The number of rotatable bonds is 12. The van der Waals surface area contributed by atoms with Crippen LogP contribution in [0.4, 0.5) is 0 Å². The first-order valence-corrected chi connectivity index (χ1v) is 10.1. The minimum atomic E-state index is -0.876. The van der Waals surface area contributed by atoms with Crippen molar-refractivity contribution >= 4 is 0 Å². The van der Waals surface area contributed by atoms with E-state index in [4.69, 9.17) is 14.6 Å². The summed E-state index contributed by atoms with van der Waals surface area (Å²) in [5.74, 6) is 5.87. The average Bonchev–Trinajstić information content (AvgIpc) is 2.90. The molecule has 0 amide bonds. The highest BCUT2D eigenvalue weighted by atomic mass is 16.8. The number of ether oxygens (including phenoxy) is 2. The largest absolute Gasteiger partial charge is 0.394 e. The lowest BCUT2D eigenvalue weighted by Crippen LogP contribution is -2.37. The smallest absolute Gasteiger partial charge is 0.163 e. The van der Waals surface area contributed by atoms with Crippen LogP contribution in [0.5, 0.6) is 0 Å². The van der Waals surface area contributed by atoms with Gasteiger partial charge >= 0.3 is 0 Å². The molecule has 0 aromatic rings. The van der Waals surface area contributed by atoms with Crippen molar-refractivity contribution in [1.29, 1.82) is 0 Å². The lowest BCUT2D eigenvalue weighted by Gasteiger charge is -2.20. The summed E-state index contributed by atoms with van der Waals surface area (Å²) in [4.78, 5) is 0. The van der Waals surface area contributed by atoms with Crippen molar-refractivity contribution in [1.82, 2.24) is 0 Å². The monoisotopic (exact) mass is 354 g/mol. The third kappa shape index (κ3) is 9.61. The van der Waals surface area contributed by atoms with E-state index in [1.165, 1.54) is 32.1 Å². The molecule has 0 saturated carbocycles. The molecule has 25 heavy (non-hydrogen) atoms. The van der Waals surface area contributed by atoms with Gasteiger partial charge in [-0.05, 0) is 33.1 Å². The van der Waals surface area contributed by atoms with Gasteiger partial charge in [-0.3, -0.25) is 0 Å². The minimum absolute atomic E-state index is 0.139. The molecule has 0 radical (unpaired) electrons. The molecule has 0 aliphatic carbocycles. The topological polar surface area (TPSA) is 58.9 Å². The molecule has 0 aromatic heterocycles.